The number of ether oxygens (including phenoxy) is 2. The average molecular weight is 402 g/mol. The molecular formula is C17H25Cl2N3O2Si. The predicted molar refractivity (Wildman–Crippen MR) is 106 cm³/mol. The van der Waals surface area contributed by atoms with Gasteiger partial charge in [-0.25, -0.2) is 9.67 Å². The molecule has 5 nitrogen and oxygen atoms in total. The van der Waals surface area contributed by atoms with E-state index in [9.17, 15) is 0 Å². The second-order valence-corrected chi connectivity index (χ2v) is 13.5. The molecule has 0 aliphatic rings. The summed E-state index contributed by atoms with van der Waals surface area (Å²) in [7, 11) is -1.11. The number of nitrogens with zero attached hydrogens (tertiary/aromatic N) is 3. The fourth-order valence-electron chi connectivity index (χ4n) is 2.22. The van der Waals surface area contributed by atoms with Crippen molar-refractivity contribution in [3.63, 3.8) is 0 Å². The summed E-state index contributed by atoms with van der Waals surface area (Å²) in [6.07, 6.45) is 3.43. The van der Waals surface area contributed by atoms with Crippen LogP contribution in [0, 0.1) is 0 Å². The Kier molecular flexibility index (Phi) is 7.46. The maximum Gasteiger partial charge on any atom is 0.140 e. The van der Waals surface area contributed by atoms with Gasteiger partial charge in [-0.2, -0.15) is 5.10 Å². The molecule has 2 rings (SSSR count). The van der Waals surface area contributed by atoms with Crippen LogP contribution in [0.2, 0.25) is 30.8 Å². The zero-order valence-electron chi connectivity index (χ0n) is 15.0. The van der Waals surface area contributed by atoms with E-state index in [1.165, 1.54) is 0 Å². The van der Waals surface area contributed by atoms with E-state index >= 15 is 0 Å². The van der Waals surface area contributed by atoms with E-state index in [2.05, 4.69) is 36.3 Å². The summed E-state index contributed by atoms with van der Waals surface area (Å²) in [5, 5.41) is 5.62. The van der Waals surface area contributed by atoms with Crippen molar-refractivity contribution in [3.05, 3.63) is 35.3 Å². The second kappa shape index (κ2) is 9.14. The largest absolute Gasteiger partial charge is 0.372 e. The lowest BCUT2D eigenvalue weighted by Crippen LogP contribution is -2.22. The number of hydrogen-bond donors (Lipinski definition) is 0. The molecular weight excluding hydrogens is 377 g/mol. The third kappa shape index (κ3) is 6.08. The van der Waals surface area contributed by atoms with Gasteiger partial charge >= 0.3 is 0 Å². The van der Waals surface area contributed by atoms with Crippen molar-refractivity contribution in [3.8, 4) is 0 Å². The zero-order chi connectivity index (χ0) is 18.4. The third-order valence-electron chi connectivity index (χ3n) is 3.66. The Bertz CT molecular complexity index is 728. The fraction of sp³-hybridized carbons (Fsp3) is 0.529. The maximum atomic E-state index is 6.20. The Morgan fingerprint density at radius 3 is 2.72 bits per heavy atom. The van der Waals surface area contributed by atoms with Gasteiger partial charge in [0.05, 0.1) is 30.3 Å². The molecule has 25 heavy (non-hydrogen) atoms. The first-order chi connectivity index (χ1) is 11.8. The summed E-state index contributed by atoms with van der Waals surface area (Å²) in [5.74, 6) is 0.386. The van der Waals surface area contributed by atoms with Crippen LogP contribution in [0.3, 0.4) is 0 Å². The zero-order valence-corrected chi connectivity index (χ0v) is 17.5. The Labute approximate surface area is 159 Å². The molecule has 0 fully saturated rings. The van der Waals surface area contributed by atoms with Crippen LogP contribution in [0.1, 0.15) is 5.56 Å². The van der Waals surface area contributed by atoms with Crippen molar-refractivity contribution in [2.24, 2.45) is 0 Å². The molecule has 0 saturated heterocycles. The molecule has 0 aliphatic carbocycles. The second-order valence-electron chi connectivity index (χ2n) is 7.21. The Morgan fingerprint density at radius 1 is 1.28 bits per heavy atom. The lowest BCUT2D eigenvalue weighted by molar-refractivity contribution is 0.0811. The van der Waals surface area contributed by atoms with Crippen LogP contribution in [0.15, 0.2) is 24.5 Å². The van der Waals surface area contributed by atoms with Crippen LogP contribution in [0.5, 0.6) is 0 Å². The summed E-state index contributed by atoms with van der Waals surface area (Å²) in [5.41, 5.74) is 2.64. The first-order valence-electron chi connectivity index (χ1n) is 8.19. The molecule has 0 radical (unpaired) electrons. The normalized spacial score (nSPS) is 12.0. The number of halogens is 2. The number of alkyl halides is 1. The summed E-state index contributed by atoms with van der Waals surface area (Å²) in [6.45, 7) is 12.7. The highest BCUT2D eigenvalue weighted by Crippen LogP contribution is 2.25. The van der Waals surface area contributed by atoms with Crippen molar-refractivity contribution >= 4 is 42.2 Å². The molecule has 2 aromatic heterocycles. The summed E-state index contributed by atoms with van der Waals surface area (Å²) in [4.78, 5) is 4.22. The third-order valence-corrected chi connectivity index (χ3v) is 6.05. The lowest BCUT2D eigenvalue weighted by Gasteiger charge is -2.15. The van der Waals surface area contributed by atoms with Crippen LogP contribution >= 0.6 is 23.2 Å². The summed E-state index contributed by atoms with van der Waals surface area (Å²) in [6, 6.07) is 1.12. The molecule has 0 spiro atoms. The van der Waals surface area contributed by atoms with E-state index in [0.717, 1.165) is 34.7 Å². The van der Waals surface area contributed by atoms with Gasteiger partial charge in [-0.05, 0) is 11.6 Å². The van der Waals surface area contributed by atoms with Gasteiger partial charge in [-0.15, -0.1) is 11.6 Å². The minimum Gasteiger partial charge on any atom is -0.372 e. The Balaban J connectivity index is 2.09. The number of fused-ring (bicyclic) bond motifs is 1. The topological polar surface area (TPSA) is 49.2 Å². The molecule has 0 bridgehead atoms. The quantitative estimate of drug-likeness (QED) is 0.190. The van der Waals surface area contributed by atoms with E-state index in [-0.39, 0.29) is 0 Å². The van der Waals surface area contributed by atoms with Crippen molar-refractivity contribution in [2.75, 3.05) is 19.1 Å². The van der Waals surface area contributed by atoms with Crippen molar-refractivity contribution < 1.29 is 9.47 Å². The number of rotatable bonds is 10. The molecule has 0 aromatic carbocycles. The lowest BCUT2D eigenvalue weighted by atomic mass is 10.2. The minimum atomic E-state index is -1.11. The highest BCUT2D eigenvalue weighted by atomic mass is 35.5. The maximum absolute atomic E-state index is 6.20. The van der Waals surface area contributed by atoms with Crippen LogP contribution < -0.4 is 0 Å². The van der Waals surface area contributed by atoms with Gasteiger partial charge in [0.1, 0.15) is 11.9 Å². The van der Waals surface area contributed by atoms with E-state index < -0.39 is 8.07 Å². The van der Waals surface area contributed by atoms with Crippen molar-refractivity contribution in [2.45, 2.75) is 39.0 Å². The van der Waals surface area contributed by atoms with E-state index in [1.807, 2.05) is 4.68 Å². The number of hydrogen-bond acceptors (Lipinski definition) is 4. The van der Waals surface area contributed by atoms with Gasteiger partial charge < -0.3 is 9.47 Å². The number of aromatic nitrogens is 3. The van der Waals surface area contributed by atoms with Gasteiger partial charge in [-0.1, -0.05) is 37.8 Å². The molecule has 2 aromatic rings. The van der Waals surface area contributed by atoms with Gasteiger partial charge in [0.2, 0.25) is 0 Å². The molecule has 0 atom stereocenters. The molecule has 8 heteroatoms. The van der Waals surface area contributed by atoms with Crippen LogP contribution in [-0.2, 0) is 22.8 Å². The molecule has 0 saturated carbocycles. The van der Waals surface area contributed by atoms with Gasteiger partial charge in [0, 0.05) is 32.3 Å². The van der Waals surface area contributed by atoms with Crippen molar-refractivity contribution in [1.29, 1.82) is 0 Å². The SMILES string of the molecule is C=C(CCl)COCc1cnc(Cl)c2cnn(COCC[Si](C)(C)C)c12. The molecule has 2 heterocycles. The smallest absolute Gasteiger partial charge is 0.140 e. The molecule has 0 N–H and O–H groups in total. The van der Waals surface area contributed by atoms with E-state index in [4.69, 9.17) is 32.7 Å². The van der Waals surface area contributed by atoms with E-state index in [0.29, 0.717) is 31.0 Å². The highest BCUT2D eigenvalue weighted by molar-refractivity contribution is 6.76. The summed E-state index contributed by atoms with van der Waals surface area (Å²) < 4.78 is 13.3. The Hall–Kier alpha value is -0.923. The molecule has 0 amide bonds. The molecule has 0 aliphatic heterocycles. The van der Waals surface area contributed by atoms with Crippen molar-refractivity contribution in [1.82, 2.24) is 14.8 Å². The van der Waals surface area contributed by atoms with Crippen LogP contribution in [-0.4, -0.2) is 41.9 Å². The first kappa shape index (κ1) is 20.4. The molecule has 138 valence electrons. The van der Waals surface area contributed by atoms with Gasteiger partial charge in [-0.3, -0.25) is 0 Å². The standard InChI is InChI=1S/C17H25Cl2N3O2Si/c1-13(7-18)10-24-11-14-8-20-17(19)15-9-21-22(16(14)15)12-23-5-6-25(2,3)4/h8-9H,1,5-7,10-12H2,2-4H3. The van der Waals surface area contributed by atoms with E-state index in [1.54, 1.807) is 12.4 Å². The monoisotopic (exact) mass is 401 g/mol. The predicted octanol–water partition coefficient (Wildman–Crippen LogP) is 4.71. The van der Waals surface area contributed by atoms with Gasteiger partial charge in [0.25, 0.3) is 0 Å². The molecule has 0 unspecified atom stereocenters. The number of pyridine rings is 1. The summed E-state index contributed by atoms with van der Waals surface area (Å²) >= 11 is 11.9. The van der Waals surface area contributed by atoms with Crippen LogP contribution in [0.25, 0.3) is 10.9 Å². The Morgan fingerprint density at radius 2 is 2.04 bits per heavy atom. The van der Waals surface area contributed by atoms with Crippen LogP contribution in [0.4, 0.5) is 0 Å². The fourth-order valence-corrected chi connectivity index (χ4v) is 3.24. The average Bonchev–Trinajstić information content (AvgIpc) is 2.98. The van der Waals surface area contributed by atoms with Gasteiger partial charge in [0.15, 0.2) is 0 Å². The highest BCUT2D eigenvalue weighted by Gasteiger charge is 2.15. The minimum absolute atomic E-state index is 0.385. The first-order valence-corrected chi connectivity index (χ1v) is 12.8.